The highest BCUT2D eigenvalue weighted by molar-refractivity contribution is 6.39. The van der Waals surface area contributed by atoms with Crippen molar-refractivity contribution in [3.8, 4) is 5.69 Å². The minimum absolute atomic E-state index is 0.148. The second-order valence-electron chi connectivity index (χ2n) is 9.79. The summed E-state index contributed by atoms with van der Waals surface area (Å²) >= 11 is 12.4. The molecule has 2 N–H and O–H groups in total. The first-order chi connectivity index (χ1) is 16.9. The molecule has 2 aromatic carbocycles. The lowest BCUT2D eigenvalue weighted by Gasteiger charge is -2.23. The number of urea groups is 1. The van der Waals surface area contributed by atoms with Gasteiger partial charge >= 0.3 is 6.03 Å². The number of anilines is 2. The number of aromatic nitrogens is 2. The van der Waals surface area contributed by atoms with Gasteiger partial charge in [0.05, 0.1) is 27.1 Å². The van der Waals surface area contributed by atoms with E-state index >= 15 is 0 Å². The van der Waals surface area contributed by atoms with Gasteiger partial charge in [0.1, 0.15) is 12.4 Å². The van der Waals surface area contributed by atoms with E-state index in [2.05, 4.69) is 31.4 Å². The Kier molecular flexibility index (Phi) is 8.69. The van der Waals surface area contributed by atoms with E-state index in [9.17, 15) is 9.59 Å². The molecule has 3 aromatic rings. The number of nitrogens with one attached hydrogen (secondary N) is 2. The number of benzene rings is 2. The molecule has 0 fully saturated rings. The Bertz CT molecular complexity index is 1240. The van der Waals surface area contributed by atoms with Gasteiger partial charge in [-0.25, -0.2) is 9.48 Å². The van der Waals surface area contributed by atoms with Gasteiger partial charge in [-0.1, -0.05) is 69.1 Å². The maximum atomic E-state index is 13.2. The molecular formula is C27H33Cl2N5O2. The van der Waals surface area contributed by atoms with E-state index in [0.717, 1.165) is 22.5 Å². The highest BCUT2D eigenvalue weighted by Gasteiger charge is 2.24. The normalized spacial score (nSPS) is 11.3. The van der Waals surface area contributed by atoms with Crippen molar-refractivity contribution >= 4 is 46.6 Å². The Morgan fingerprint density at radius 3 is 2.28 bits per heavy atom. The monoisotopic (exact) mass is 529 g/mol. The summed E-state index contributed by atoms with van der Waals surface area (Å²) in [5.74, 6) is 0.209. The SMILES string of the molecule is CCCN(CC(=O)Nc1cc(C(C)(C)C)nn1-c1cccc(C)c1C)C(=O)Nc1c(Cl)cccc1Cl. The van der Waals surface area contributed by atoms with Gasteiger partial charge in [0.2, 0.25) is 5.91 Å². The molecule has 3 amide bonds. The number of halogens is 2. The topological polar surface area (TPSA) is 79.3 Å². The minimum Gasteiger partial charge on any atom is -0.315 e. The summed E-state index contributed by atoms with van der Waals surface area (Å²) in [5.41, 5.74) is 4.02. The number of hydrogen-bond acceptors (Lipinski definition) is 3. The smallest absolute Gasteiger partial charge is 0.315 e. The molecule has 36 heavy (non-hydrogen) atoms. The molecule has 0 aliphatic carbocycles. The van der Waals surface area contributed by atoms with Crippen LogP contribution in [0.4, 0.5) is 16.3 Å². The Morgan fingerprint density at radius 2 is 1.67 bits per heavy atom. The second kappa shape index (κ2) is 11.4. The van der Waals surface area contributed by atoms with Crippen LogP contribution in [0.5, 0.6) is 0 Å². The van der Waals surface area contributed by atoms with Crippen molar-refractivity contribution in [2.45, 2.75) is 53.4 Å². The summed E-state index contributed by atoms with van der Waals surface area (Å²) in [6.07, 6.45) is 0.672. The van der Waals surface area contributed by atoms with Crippen molar-refractivity contribution in [2.24, 2.45) is 0 Å². The zero-order chi connectivity index (χ0) is 26.6. The highest BCUT2D eigenvalue weighted by Crippen LogP contribution is 2.30. The quantitative estimate of drug-likeness (QED) is 0.346. The molecular weight excluding hydrogens is 497 g/mol. The first-order valence-corrected chi connectivity index (χ1v) is 12.6. The maximum Gasteiger partial charge on any atom is 0.322 e. The molecule has 1 aromatic heterocycles. The Morgan fingerprint density at radius 1 is 1.03 bits per heavy atom. The Labute approximate surface area is 222 Å². The molecule has 0 bridgehead atoms. The number of para-hydroxylation sites is 1. The van der Waals surface area contributed by atoms with Crippen molar-refractivity contribution in [3.63, 3.8) is 0 Å². The molecule has 3 rings (SSSR count). The van der Waals surface area contributed by atoms with Gasteiger partial charge in [-0.3, -0.25) is 4.79 Å². The van der Waals surface area contributed by atoms with E-state index in [4.69, 9.17) is 28.3 Å². The Balaban J connectivity index is 1.86. The van der Waals surface area contributed by atoms with Crippen molar-refractivity contribution in [2.75, 3.05) is 23.7 Å². The first kappa shape index (κ1) is 27.6. The third-order valence-electron chi connectivity index (χ3n) is 5.86. The fraction of sp³-hybridized carbons (Fsp3) is 0.370. The van der Waals surface area contributed by atoms with Crippen LogP contribution in [0.15, 0.2) is 42.5 Å². The standard InChI is InChI=1S/C27H33Cl2N5O2/c1-7-14-33(26(36)31-25-19(28)11-9-12-20(25)29)16-24(35)30-23-15-22(27(4,5)6)32-34(23)21-13-8-10-17(2)18(21)3/h8-13,15H,7,14,16H2,1-6H3,(H,30,35)(H,31,36). The van der Waals surface area contributed by atoms with Gasteiger partial charge in [0, 0.05) is 18.0 Å². The summed E-state index contributed by atoms with van der Waals surface area (Å²) in [6.45, 7) is 12.4. The van der Waals surface area contributed by atoms with Crippen molar-refractivity contribution in [3.05, 3.63) is 69.3 Å². The van der Waals surface area contributed by atoms with Crippen LogP contribution in [0.25, 0.3) is 5.69 Å². The van der Waals surface area contributed by atoms with E-state index in [1.54, 1.807) is 22.9 Å². The average Bonchev–Trinajstić information content (AvgIpc) is 3.21. The third kappa shape index (κ3) is 6.39. The van der Waals surface area contributed by atoms with E-state index in [1.807, 2.05) is 45.0 Å². The lowest BCUT2D eigenvalue weighted by atomic mass is 9.92. The van der Waals surface area contributed by atoms with E-state index < -0.39 is 6.03 Å². The van der Waals surface area contributed by atoms with Crippen LogP contribution in [-0.4, -0.2) is 39.7 Å². The number of nitrogens with zero attached hydrogens (tertiary/aromatic N) is 3. The lowest BCUT2D eigenvalue weighted by molar-refractivity contribution is -0.116. The summed E-state index contributed by atoms with van der Waals surface area (Å²) in [6, 6.07) is 12.4. The fourth-order valence-electron chi connectivity index (χ4n) is 3.67. The van der Waals surface area contributed by atoms with Gasteiger partial charge in [-0.15, -0.1) is 0 Å². The molecule has 0 radical (unpaired) electrons. The minimum atomic E-state index is -0.458. The maximum absolute atomic E-state index is 13.2. The van der Waals surface area contributed by atoms with Crippen molar-refractivity contribution < 1.29 is 9.59 Å². The zero-order valence-corrected chi connectivity index (χ0v) is 23.1. The number of amides is 3. The molecule has 0 atom stereocenters. The van der Waals surface area contributed by atoms with Crippen molar-refractivity contribution in [1.82, 2.24) is 14.7 Å². The van der Waals surface area contributed by atoms with Gasteiger partial charge in [0.25, 0.3) is 0 Å². The molecule has 7 nitrogen and oxygen atoms in total. The van der Waals surface area contributed by atoms with Crippen LogP contribution < -0.4 is 10.6 Å². The molecule has 0 aliphatic heterocycles. The molecule has 0 spiro atoms. The summed E-state index contributed by atoms with van der Waals surface area (Å²) in [5, 5.41) is 11.2. The predicted octanol–water partition coefficient (Wildman–Crippen LogP) is 6.98. The second-order valence-corrected chi connectivity index (χ2v) is 10.6. The van der Waals surface area contributed by atoms with Gasteiger partial charge in [-0.2, -0.15) is 5.10 Å². The number of hydrogen-bond donors (Lipinski definition) is 2. The molecule has 0 unspecified atom stereocenters. The number of aryl methyl sites for hydroxylation is 1. The van der Waals surface area contributed by atoms with Gasteiger partial charge in [-0.05, 0) is 49.6 Å². The molecule has 192 valence electrons. The molecule has 0 aliphatic rings. The molecule has 1 heterocycles. The highest BCUT2D eigenvalue weighted by atomic mass is 35.5. The van der Waals surface area contributed by atoms with Crippen LogP contribution in [0.1, 0.15) is 50.9 Å². The van der Waals surface area contributed by atoms with Crippen LogP contribution >= 0.6 is 23.2 Å². The predicted molar refractivity (Wildman–Crippen MR) is 148 cm³/mol. The van der Waals surface area contributed by atoms with E-state index in [-0.39, 0.29) is 17.9 Å². The first-order valence-electron chi connectivity index (χ1n) is 11.9. The van der Waals surface area contributed by atoms with E-state index in [0.29, 0.717) is 34.5 Å². The number of carbonyl (C=O) groups is 2. The number of rotatable bonds is 7. The number of carbonyl (C=O) groups excluding carboxylic acids is 2. The third-order valence-corrected chi connectivity index (χ3v) is 6.49. The molecule has 0 saturated heterocycles. The largest absolute Gasteiger partial charge is 0.322 e. The van der Waals surface area contributed by atoms with Gasteiger partial charge in [0.15, 0.2) is 0 Å². The van der Waals surface area contributed by atoms with Crippen LogP contribution in [0.2, 0.25) is 10.0 Å². The van der Waals surface area contributed by atoms with Crippen LogP contribution in [0, 0.1) is 13.8 Å². The van der Waals surface area contributed by atoms with Crippen molar-refractivity contribution in [1.29, 1.82) is 0 Å². The fourth-order valence-corrected chi connectivity index (χ4v) is 4.16. The zero-order valence-electron chi connectivity index (χ0n) is 21.6. The summed E-state index contributed by atoms with van der Waals surface area (Å²) in [7, 11) is 0. The summed E-state index contributed by atoms with van der Waals surface area (Å²) in [4.78, 5) is 27.6. The van der Waals surface area contributed by atoms with Crippen LogP contribution in [0.3, 0.4) is 0 Å². The average molecular weight is 531 g/mol. The van der Waals surface area contributed by atoms with Crippen LogP contribution in [-0.2, 0) is 10.2 Å². The lowest BCUT2D eigenvalue weighted by Crippen LogP contribution is -2.41. The molecule has 9 heteroatoms. The Hall–Kier alpha value is -3.03. The van der Waals surface area contributed by atoms with Gasteiger partial charge < -0.3 is 15.5 Å². The van der Waals surface area contributed by atoms with E-state index in [1.165, 1.54) is 4.90 Å². The molecule has 0 saturated carbocycles. The summed E-state index contributed by atoms with van der Waals surface area (Å²) < 4.78 is 1.76.